The lowest BCUT2D eigenvalue weighted by molar-refractivity contribution is -0.124. The molecule has 1 aliphatic heterocycles. The second-order valence-electron chi connectivity index (χ2n) is 4.77. The van der Waals surface area contributed by atoms with E-state index in [1.807, 2.05) is 6.92 Å². The van der Waals surface area contributed by atoms with Crippen molar-refractivity contribution in [3.05, 3.63) is 23.2 Å². The molecule has 1 saturated heterocycles. The maximum Gasteiger partial charge on any atom is 0.227 e. The van der Waals surface area contributed by atoms with Crippen LogP contribution in [0.25, 0.3) is 0 Å². The van der Waals surface area contributed by atoms with E-state index >= 15 is 0 Å². The highest BCUT2D eigenvalue weighted by atomic mass is 35.5. The molecule has 2 rings (SSSR count). The first-order valence-electron chi connectivity index (χ1n) is 6.51. The Morgan fingerprint density at radius 2 is 2.37 bits per heavy atom. The Labute approximate surface area is 117 Å². The molecule has 0 saturated carbocycles. The van der Waals surface area contributed by atoms with Crippen molar-refractivity contribution in [2.45, 2.75) is 32.3 Å². The van der Waals surface area contributed by atoms with Gasteiger partial charge in [-0.2, -0.15) is 0 Å². The average Bonchev–Trinajstić information content (AvgIpc) is 2.43. The molecule has 0 spiro atoms. The number of anilines is 1. The van der Waals surface area contributed by atoms with Crippen LogP contribution in [0.2, 0.25) is 5.02 Å². The molecule has 0 aliphatic carbocycles. The molecule has 5 heteroatoms. The first-order valence-corrected chi connectivity index (χ1v) is 6.89. The Morgan fingerprint density at radius 3 is 3.11 bits per heavy atom. The molecule has 1 fully saturated rings. The zero-order valence-electron chi connectivity index (χ0n) is 10.9. The molecular formula is C14H18ClNO3. The van der Waals surface area contributed by atoms with E-state index < -0.39 is 0 Å². The van der Waals surface area contributed by atoms with Crippen molar-refractivity contribution < 1.29 is 14.6 Å². The lowest BCUT2D eigenvalue weighted by atomic mass is 9.93. The monoisotopic (exact) mass is 283 g/mol. The van der Waals surface area contributed by atoms with E-state index in [-0.39, 0.29) is 23.7 Å². The summed E-state index contributed by atoms with van der Waals surface area (Å²) < 4.78 is 5.55. The maximum absolute atomic E-state index is 12.2. The van der Waals surface area contributed by atoms with Crippen LogP contribution < -0.4 is 5.32 Å². The number of aromatic hydroxyl groups is 1. The Hall–Kier alpha value is -1.26. The third-order valence-electron chi connectivity index (χ3n) is 3.41. The standard InChI is InChI=1S/C14H18ClNO3/c1-2-11-7-9(5-6-19-11)14(18)16-12-8-10(15)3-4-13(12)17/h3-4,8-9,11,17H,2,5-7H2,1H3,(H,16,18)/t9-,11+/m0/s1. The summed E-state index contributed by atoms with van der Waals surface area (Å²) in [5.74, 6) is -0.131. The predicted octanol–water partition coefficient (Wildman–Crippen LogP) is 3.19. The van der Waals surface area contributed by atoms with Crippen molar-refractivity contribution in [1.82, 2.24) is 0 Å². The highest BCUT2D eigenvalue weighted by Crippen LogP contribution is 2.29. The first kappa shape index (κ1) is 14.2. The molecule has 0 aromatic heterocycles. The van der Waals surface area contributed by atoms with Crippen LogP contribution in [0.5, 0.6) is 5.75 Å². The normalized spacial score (nSPS) is 23.1. The van der Waals surface area contributed by atoms with Crippen LogP contribution >= 0.6 is 11.6 Å². The van der Waals surface area contributed by atoms with E-state index in [0.717, 1.165) is 12.8 Å². The molecule has 19 heavy (non-hydrogen) atoms. The highest BCUT2D eigenvalue weighted by molar-refractivity contribution is 6.31. The molecule has 1 aliphatic rings. The zero-order chi connectivity index (χ0) is 13.8. The van der Waals surface area contributed by atoms with Gasteiger partial charge in [-0.3, -0.25) is 4.79 Å². The number of benzene rings is 1. The van der Waals surface area contributed by atoms with Crippen molar-refractivity contribution in [2.75, 3.05) is 11.9 Å². The van der Waals surface area contributed by atoms with Crippen molar-refractivity contribution in [1.29, 1.82) is 0 Å². The van der Waals surface area contributed by atoms with Crippen LogP contribution in [0.3, 0.4) is 0 Å². The van der Waals surface area contributed by atoms with Gasteiger partial charge in [-0.05, 0) is 37.5 Å². The Kier molecular flexibility index (Phi) is 4.66. The second-order valence-corrected chi connectivity index (χ2v) is 5.21. The molecule has 1 heterocycles. The van der Waals surface area contributed by atoms with Gasteiger partial charge in [-0.1, -0.05) is 18.5 Å². The molecule has 2 N–H and O–H groups in total. The fourth-order valence-corrected chi connectivity index (χ4v) is 2.42. The maximum atomic E-state index is 12.2. The number of ether oxygens (including phenoxy) is 1. The number of phenols is 1. The van der Waals surface area contributed by atoms with Crippen molar-refractivity contribution in [3.8, 4) is 5.75 Å². The van der Waals surface area contributed by atoms with Crippen LogP contribution in [0.4, 0.5) is 5.69 Å². The number of halogens is 1. The van der Waals surface area contributed by atoms with Crippen LogP contribution in [-0.4, -0.2) is 23.7 Å². The minimum absolute atomic E-state index is 0.0249. The SMILES string of the molecule is CC[C@@H]1C[C@@H](C(=O)Nc2cc(Cl)ccc2O)CCO1. The number of hydrogen-bond donors (Lipinski definition) is 2. The minimum Gasteiger partial charge on any atom is -0.506 e. The van der Waals surface area contributed by atoms with Gasteiger partial charge in [-0.15, -0.1) is 0 Å². The van der Waals surface area contributed by atoms with Crippen LogP contribution in [0.15, 0.2) is 18.2 Å². The summed E-state index contributed by atoms with van der Waals surface area (Å²) in [6, 6.07) is 4.59. The summed E-state index contributed by atoms with van der Waals surface area (Å²) in [5, 5.41) is 12.9. The third kappa shape index (κ3) is 3.61. The van der Waals surface area contributed by atoms with E-state index in [2.05, 4.69) is 5.32 Å². The number of carbonyl (C=O) groups excluding carboxylic acids is 1. The van der Waals surface area contributed by atoms with Gasteiger partial charge in [0.25, 0.3) is 0 Å². The molecule has 1 aromatic rings. The first-order chi connectivity index (χ1) is 9.10. The molecule has 4 nitrogen and oxygen atoms in total. The van der Waals surface area contributed by atoms with Crippen molar-refractivity contribution in [2.24, 2.45) is 5.92 Å². The van der Waals surface area contributed by atoms with E-state index in [1.165, 1.54) is 6.07 Å². The van der Waals surface area contributed by atoms with Gasteiger partial charge in [0.05, 0.1) is 11.8 Å². The number of amides is 1. The molecule has 104 valence electrons. The molecule has 0 radical (unpaired) electrons. The molecule has 0 bridgehead atoms. The molecule has 1 aromatic carbocycles. The largest absolute Gasteiger partial charge is 0.506 e. The third-order valence-corrected chi connectivity index (χ3v) is 3.64. The van der Waals surface area contributed by atoms with Crippen molar-refractivity contribution in [3.63, 3.8) is 0 Å². The molecule has 1 amide bonds. The highest BCUT2D eigenvalue weighted by Gasteiger charge is 2.27. The average molecular weight is 284 g/mol. The van der Waals surface area contributed by atoms with Crippen LogP contribution in [-0.2, 0) is 9.53 Å². The molecule has 2 atom stereocenters. The predicted molar refractivity (Wildman–Crippen MR) is 74.5 cm³/mol. The summed E-state index contributed by atoms with van der Waals surface area (Å²) >= 11 is 5.85. The number of carbonyl (C=O) groups is 1. The quantitative estimate of drug-likeness (QED) is 0.838. The van der Waals surface area contributed by atoms with Crippen LogP contribution in [0.1, 0.15) is 26.2 Å². The fraction of sp³-hybridized carbons (Fsp3) is 0.500. The number of phenolic OH excluding ortho intramolecular Hbond substituents is 1. The van der Waals surface area contributed by atoms with Crippen LogP contribution in [0, 0.1) is 5.92 Å². The van der Waals surface area contributed by atoms with Gasteiger partial charge >= 0.3 is 0 Å². The van der Waals surface area contributed by atoms with Gasteiger partial charge in [0.1, 0.15) is 5.75 Å². The lowest BCUT2D eigenvalue weighted by Gasteiger charge is -2.28. The second kappa shape index (κ2) is 6.26. The summed E-state index contributed by atoms with van der Waals surface area (Å²) in [5.41, 5.74) is 0.358. The summed E-state index contributed by atoms with van der Waals surface area (Å²) in [6.45, 7) is 2.66. The fourth-order valence-electron chi connectivity index (χ4n) is 2.25. The summed E-state index contributed by atoms with van der Waals surface area (Å²) in [6.07, 6.45) is 2.50. The number of nitrogens with one attached hydrogen (secondary N) is 1. The summed E-state index contributed by atoms with van der Waals surface area (Å²) in [7, 11) is 0. The van der Waals surface area contributed by atoms with E-state index in [9.17, 15) is 9.90 Å². The van der Waals surface area contributed by atoms with Gasteiger partial charge < -0.3 is 15.2 Å². The van der Waals surface area contributed by atoms with Gasteiger partial charge in [0, 0.05) is 17.5 Å². The number of rotatable bonds is 3. The van der Waals surface area contributed by atoms with Gasteiger partial charge in [-0.25, -0.2) is 0 Å². The Bertz CT molecular complexity index is 464. The van der Waals surface area contributed by atoms with Gasteiger partial charge in [0.15, 0.2) is 0 Å². The Balaban J connectivity index is 2.02. The molecular weight excluding hydrogens is 266 g/mol. The van der Waals surface area contributed by atoms with E-state index in [1.54, 1.807) is 12.1 Å². The van der Waals surface area contributed by atoms with Crippen molar-refractivity contribution >= 4 is 23.2 Å². The molecule has 0 unspecified atom stereocenters. The van der Waals surface area contributed by atoms with Gasteiger partial charge in [0.2, 0.25) is 5.91 Å². The van der Waals surface area contributed by atoms with E-state index in [4.69, 9.17) is 16.3 Å². The smallest absolute Gasteiger partial charge is 0.227 e. The zero-order valence-corrected chi connectivity index (χ0v) is 11.6. The summed E-state index contributed by atoms with van der Waals surface area (Å²) in [4.78, 5) is 12.2. The van der Waals surface area contributed by atoms with E-state index in [0.29, 0.717) is 23.7 Å². The Morgan fingerprint density at radius 1 is 1.58 bits per heavy atom. The minimum atomic E-state index is -0.0840. The lowest BCUT2D eigenvalue weighted by Crippen LogP contribution is -2.33. The number of hydrogen-bond acceptors (Lipinski definition) is 3. The topological polar surface area (TPSA) is 58.6 Å².